The molecule has 4 nitrogen and oxygen atoms in total. The molecule has 0 unspecified atom stereocenters. The van der Waals surface area contributed by atoms with E-state index in [9.17, 15) is 0 Å². The maximum atomic E-state index is 5.80. The Morgan fingerprint density at radius 1 is 1.12 bits per heavy atom. The molecule has 17 heavy (non-hydrogen) atoms. The molecule has 0 aliphatic carbocycles. The summed E-state index contributed by atoms with van der Waals surface area (Å²) in [5.74, 6) is 0. The fourth-order valence-electron chi connectivity index (χ4n) is 1.90. The van der Waals surface area contributed by atoms with Crippen molar-refractivity contribution in [2.75, 3.05) is 5.73 Å². The van der Waals surface area contributed by atoms with Crippen molar-refractivity contribution in [1.29, 1.82) is 0 Å². The smallest absolute Gasteiger partial charge is 0.0838 e. The van der Waals surface area contributed by atoms with E-state index >= 15 is 0 Å². The highest BCUT2D eigenvalue weighted by Gasteiger charge is 2.05. The van der Waals surface area contributed by atoms with Crippen LogP contribution in [-0.2, 0) is 0 Å². The van der Waals surface area contributed by atoms with E-state index in [-0.39, 0.29) is 0 Å². The number of rotatable bonds is 1. The van der Waals surface area contributed by atoms with Gasteiger partial charge in [-0.1, -0.05) is 0 Å². The summed E-state index contributed by atoms with van der Waals surface area (Å²) in [6.45, 7) is 2.01. The molecule has 0 atom stereocenters. The number of aromatic nitrogens is 3. The summed E-state index contributed by atoms with van der Waals surface area (Å²) in [6.07, 6.45) is 5.45. The minimum atomic E-state index is 0.736. The zero-order chi connectivity index (χ0) is 11.8. The van der Waals surface area contributed by atoms with Crippen LogP contribution in [0.15, 0.2) is 42.9 Å². The highest BCUT2D eigenvalue weighted by atomic mass is 15.3. The summed E-state index contributed by atoms with van der Waals surface area (Å²) >= 11 is 0. The predicted molar refractivity (Wildman–Crippen MR) is 68.0 cm³/mol. The third-order valence-corrected chi connectivity index (χ3v) is 2.70. The second kappa shape index (κ2) is 3.59. The number of nitrogen functional groups attached to an aromatic ring is 1. The number of hydrogen-bond acceptors (Lipinski definition) is 3. The van der Waals surface area contributed by atoms with Crippen LogP contribution in [0.1, 0.15) is 5.56 Å². The monoisotopic (exact) mass is 224 g/mol. The summed E-state index contributed by atoms with van der Waals surface area (Å²) in [5.41, 5.74) is 9.59. The van der Waals surface area contributed by atoms with Gasteiger partial charge in [-0.15, -0.1) is 0 Å². The minimum absolute atomic E-state index is 0.736. The summed E-state index contributed by atoms with van der Waals surface area (Å²) < 4.78 is 1.85. The third kappa shape index (κ3) is 1.63. The Bertz CT molecular complexity index is 685. The van der Waals surface area contributed by atoms with Gasteiger partial charge in [0.15, 0.2) is 0 Å². The summed E-state index contributed by atoms with van der Waals surface area (Å²) in [4.78, 5) is 4.18. The quantitative estimate of drug-likeness (QED) is 0.645. The topological polar surface area (TPSA) is 56.7 Å². The van der Waals surface area contributed by atoms with Gasteiger partial charge < -0.3 is 5.73 Å². The standard InChI is InChI=1S/C13H12N4/c1-9-4-12(8-15-6-9)17-13-5-11(14)3-2-10(13)7-16-17/h2-8H,14H2,1H3. The molecule has 0 amide bonds. The Labute approximate surface area is 98.7 Å². The van der Waals surface area contributed by atoms with Crippen LogP contribution in [0.5, 0.6) is 0 Å². The summed E-state index contributed by atoms with van der Waals surface area (Å²) in [5, 5.41) is 5.44. The molecule has 4 heteroatoms. The molecule has 0 saturated heterocycles. The van der Waals surface area contributed by atoms with Gasteiger partial charge in [-0.05, 0) is 36.8 Å². The number of aryl methyl sites for hydroxylation is 1. The number of pyridine rings is 1. The van der Waals surface area contributed by atoms with Crippen LogP contribution in [0, 0.1) is 6.92 Å². The van der Waals surface area contributed by atoms with Crippen molar-refractivity contribution in [3.05, 3.63) is 48.4 Å². The maximum absolute atomic E-state index is 5.80. The molecule has 3 rings (SSSR count). The fraction of sp³-hybridized carbons (Fsp3) is 0.0769. The van der Waals surface area contributed by atoms with Crippen molar-refractivity contribution >= 4 is 16.6 Å². The third-order valence-electron chi connectivity index (χ3n) is 2.70. The Kier molecular flexibility index (Phi) is 2.08. The number of nitrogens with zero attached hydrogens (tertiary/aromatic N) is 3. The first-order valence-electron chi connectivity index (χ1n) is 5.39. The number of nitrogens with two attached hydrogens (primary N) is 1. The van der Waals surface area contributed by atoms with Gasteiger partial charge in [-0.3, -0.25) is 4.98 Å². The van der Waals surface area contributed by atoms with Gasteiger partial charge in [0, 0.05) is 17.3 Å². The van der Waals surface area contributed by atoms with Crippen LogP contribution in [0.3, 0.4) is 0 Å². The van der Waals surface area contributed by atoms with Gasteiger partial charge in [0.1, 0.15) is 0 Å². The molecule has 84 valence electrons. The highest BCUT2D eigenvalue weighted by Crippen LogP contribution is 2.20. The van der Waals surface area contributed by atoms with Gasteiger partial charge in [0.2, 0.25) is 0 Å². The zero-order valence-corrected chi connectivity index (χ0v) is 9.46. The molecule has 0 aliphatic heterocycles. The maximum Gasteiger partial charge on any atom is 0.0838 e. The second-order valence-electron chi connectivity index (χ2n) is 4.10. The molecule has 1 aromatic carbocycles. The molecule has 2 N–H and O–H groups in total. The van der Waals surface area contributed by atoms with Crippen LogP contribution in [0.4, 0.5) is 5.69 Å². The van der Waals surface area contributed by atoms with Gasteiger partial charge in [0.25, 0.3) is 0 Å². The average molecular weight is 224 g/mol. The van der Waals surface area contributed by atoms with E-state index in [4.69, 9.17) is 5.73 Å². The summed E-state index contributed by atoms with van der Waals surface area (Å²) in [6, 6.07) is 7.81. The number of benzene rings is 1. The first kappa shape index (κ1) is 9.84. The molecule has 0 bridgehead atoms. The Morgan fingerprint density at radius 3 is 2.82 bits per heavy atom. The fourth-order valence-corrected chi connectivity index (χ4v) is 1.90. The van der Waals surface area contributed by atoms with E-state index in [1.807, 2.05) is 48.3 Å². The van der Waals surface area contributed by atoms with Crippen molar-refractivity contribution in [1.82, 2.24) is 14.8 Å². The van der Waals surface area contributed by atoms with Gasteiger partial charge in [0.05, 0.1) is 23.6 Å². The van der Waals surface area contributed by atoms with E-state index in [0.29, 0.717) is 0 Å². The van der Waals surface area contributed by atoms with Crippen LogP contribution >= 0.6 is 0 Å². The van der Waals surface area contributed by atoms with Crippen molar-refractivity contribution in [3.8, 4) is 5.69 Å². The molecule has 0 radical (unpaired) electrons. The number of hydrogen-bond donors (Lipinski definition) is 1. The van der Waals surface area contributed by atoms with Crippen LogP contribution in [0.25, 0.3) is 16.6 Å². The molecule has 0 aliphatic rings. The Balaban J connectivity index is 2.27. The van der Waals surface area contributed by atoms with Crippen molar-refractivity contribution in [2.45, 2.75) is 6.92 Å². The van der Waals surface area contributed by atoms with Crippen LogP contribution < -0.4 is 5.73 Å². The molecular formula is C13H12N4. The second-order valence-corrected chi connectivity index (χ2v) is 4.10. The van der Waals surface area contributed by atoms with E-state index in [0.717, 1.165) is 27.8 Å². The zero-order valence-electron chi connectivity index (χ0n) is 9.46. The highest BCUT2D eigenvalue weighted by molar-refractivity contribution is 5.83. The van der Waals surface area contributed by atoms with Crippen LogP contribution in [0.2, 0.25) is 0 Å². The van der Waals surface area contributed by atoms with E-state index in [1.54, 1.807) is 6.20 Å². The molecule has 3 aromatic rings. The first-order chi connectivity index (χ1) is 8.24. The first-order valence-corrected chi connectivity index (χ1v) is 5.39. The normalized spacial score (nSPS) is 10.9. The van der Waals surface area contributed by atoms with Gasteiger partial charge in [-0.2, -0.15) is 5.10 Å². The van der Waals surface area contributed by atoms with Crippen molar-refractivity contribution in [2.24, 2.45) is 0 Å². The average Bonchev–Trinajstić information content (AvgIpc) is 2.71. The molecule has 0 fully saturated rings. The SMILES string of the molecule is Cc1cncc(-n2ncc3ccc(N)cc32)c1. The van der Waals surface area contributed by atoms with Crippen molar-refractivity contribution < 1.29 is 0 Å². The lowest BCUT2D eigenvalue weighted by Gasteiger charge is -2.04. The lowest BCUT2D eigenvalue weighted by molar-refractivity contribution is 0.901. The predicted octanol–water partition coefficient (Wildman–Crippen LogP) is 2.31. The molecule has 0 saturated carbocycles. The largest absolute Gasteiger partial charge is 0.399 e. The Hall–Kier alpha value is -2.36. The van der Waals surface area contributed by atoms with E-state index in [2.05, 4.69) is 10.1 Å². The number of anilines is 1. The summed E-state index contributed by atoms with van der Waals surface area (Å²) in [7, 11) is 0. The lowest BCUT2D eigenvalue weighted by Crippen LogP contribution is -1.97. The van der Waals surface area contributed by atoms with Gasteiger partial charge >= 0.3 is 0 Å². The molecule has 0 spiro atoms. The van der Waals surface area contributed by atoms with E-state index in [1.165, 1.54) is 0 Å². The lowest BCUT2D eigenvalue weighted by atomic mass is 10.2. The minimum Gasteiger partial charge on any atom is -0.399 e. The van der Waals surface area contributed by atoms with Crippen LogP contribution in [-0.4, -0.2) is 14.8 Å². The van der Waals surface area contributed by atoms with E-state index < -0.39 is 0 Å². The van der Waals surface area contributed by atoms with Crippen molar-refractivity contribution in [3.63, 3.8) is 0 Å². The Morgan fingerprint density at radius 2 is 2.00 bits per heavy atom. The molecular weight excluding hydrogens is 212 g/mol. The number of fused-ring (bicyclic) bond motifs is 1. The molecule has 2 aromatic heterocycles. The molecule has 2 heterocycles. The van der Waals surface area contributed by atoms with Gasteiger partial charge in [-0.25, -0.2) is 4.68 Å².